The second kappa shape index (κ2) is 7.60. The molecule has 1 saturated carbocycles. The van der Waals surface area contributed by atoms with Crippen LogP contribution in [-0.2, 0) is 14.3 Å². The van der Waals surface area contributed by atoms with Gasteiger partial charge in [0.2, 0.25) is 0 Å². The zero-order valence-electron chi connectivity index (χ0n) is 9.78. The third kappa shape index (κ3) is 6.05. The predicted octanol–water partition coefficient (Wildman–Crippen LogP) is 0.635. The Morgan fingerprint density at radius 2 is 2.06 bits per heavy atom. The average Bonchev–Trinajstić information content (AvgIpc) is 3.05. The van der Waals surface area contributed by atoms with Crippen molar-refractivity contribution in [3.63, 3.8) is 0 Å². The second-order valence-electron chi connectivity index (χ2n) is 4.02. The maximum absolute atomic E-state index is 10.9. The molecule has 16 heavy (non-hydrogen) atoms. The predicted molar refractivity (Wildman–Crippen MR) is 59.5 cm³/mol. The van der Waals surface area contributed by atoms with Crippen LogP contribution in [0.3, 0.4) is 0 Å². The Kier molecular flexibility index (Phi) is 6.37. The molecule has 5 heteroatoms. The van der Waals surface area contributed by atoms with Crippen molar-refractivity contribution in [2.24, 2.45) is 0 Å². The average molecular weight is 231 g/mol. The van der Waals surface area contributed by atoms with E-state index >= 15 is 0 Å². The number of aliphatic carboxylic acids is 1. The number of hydrogen-bond acceptors (Lipinski definition) is 4. The quantitative estimate of drug-likeness (QED) is 0.540. The molecule has 0 radical (unpaired) electrons. The van der Waals surface area contributed by atoms with Crippen LogP contribution in [0.5, 0.6) is 0 Å². The number of hydrogen-bond donors (Lipinski definition) is 2. The van der Waals surface area contributed by atoms with Gasteiger partial charge >= 0.3 is 5.97 Å². The second-order valence-corrected chi connectivity index (χ2v) is 4.02. The van der Waals surface area contributed by atoms with Crippen molar-refractivity contribution in [3.05, 3.63) is 0 Å². The summed E-state index contributed by atoms with van der Waals surface area (Å²) in [6.45, 7) is 3.97. The van der Waals surface area contributed by atoms with Crippen LogP contribution in [0.1, 0.15) is 26.2 Å². The molecule has 1 aliphatic carbocycles. The molecule has 0 aliphatic heterocycles. The standard InChI is InChI=1S/C11H21NO4/c1-2-5-15-6-7-16-8-10(11(13)14)12-9-3-4-9/h9-10,12H,2-8H2,1H3,(H,13,14). The van der Waals surface area contributed by atoms with Gasteiger partial charge in [-0.25, -0.2) is 0 Å². The third-order valence-electron chi connectivity index (χ3n) is 2.32. The molecule has 0 heterocycles. The summed E-state index contributed by atoms with van der Waals surface area (Å²) >= 11 is 0. The summed E-state index contributed by atoms with van der Waals surface area (Å²) in [5, 5.41) is 11.9. The number of carbonyl (C=O) groups is 1. The highest BCUT2D eigenvalue weighted by Gasteiger charge is 2.28. The number of carboxylic acids is 1. The molecule has 1 atom stereocenters. The van der Waals surface area contributed by atoms with E-state index in [1.54, 1.807) is 0 Å². The lowest BCUT2D eigenvalue weighted by Crippen LogP contribution is -2.42. The molecule has 1 rings (SSSR count). The minimum Gasteiger partial charge on any atom is -0.480 e. The fraction of sp³-hybridized carbons (Fsp3) is 0.909. The van der Waals surface area contributed by atoms with E-state index in [1.165, 1.54) is 0 Å². The van der Waals surface area contributed by atoms with Gasteiger partial charge in [-0.05, 0) is 19.3 Å². The minimum atomic E-state index is -0.846. The van der Waals surface area contributed by atoms with Gasteiger partial charge in [0.1, 0.15) is 6.04 Å². The van der Waals surface area contributed by atoms with E-state index in [-0.39, 0.29) is 6.61 Å². The maximum atomic E-state index is 10.9. The molecule has 1 fully saturated rings. The van der Waals surface area contributed by atoms with E-state index in [0.717, 1.165) is 25.9 Å². The summed E-state index contributed by atoms with van der Waals surface area (Å²) in [5.41, 5.74) is 0. The highest BCUT2D eigenvalue weighted by atomic mass is 16.5. The monoisotopic (exact) mass is 231 g/mol. The lowest BCUT2D eigenvalue weighted by Gasteiger charge is -2.14. The molecule has 0 bridgehead atoms. The number of nitrogens with one attached hydrogen (secondary N) is 1. The minimum absolute atomic E-state index is 0.210. The fourth-order valence-corrected chi connectivity index (χ4v) is 1.29. The van der Waals surface area contributed by atoms with Crippen molar-refractivity contribution in [1.82, 2.24) is 5.32 Å². The molecular formula is C11H21NO4. The van der Waals surface area contributed by atoms with E-state index in [0.29, 0.717) is 19.3 Å². The number of carboxylic acid groups (broad SMARTS) is 1. The molecule has 0 aromatic heterocycles. The summed E-state index contributed by atoms with van der Waals surface area (Å²) in [4.78, 5) is 10.9. The highest BCUT2D eigenvalue weighted by molar-refractivity contribution is 5.73. The van der Waals surface area contributed by atoms with Crippen LogP contribution in [0, 0.1) is 0 Å². The Hall–Kier alpha value is -0.650. The molecule has 0 aromatic rings. The van der Waals surface area contributed by atoms with Crippen molar-refractivity contribution < 1.29 is 19.4 Å². The lowest BCUT2D eigenvalue weighted by molar-refractivity contribution is -0.141. The molecule has 0 spiro atoms. The first-order valence-electron chi connectivity index (χ1n) is 5.88. The van der Waals surface area contributed by atoms with Gasteiger partial charge in [0.25, 0.3) is 0 Å². The van der Waals surface area contributed by atoms with Gasteiger partial charge in [-0.2, -0.15) is 0 Å². The molecular weight excluding hydrogens is 210 g/mol. The smallest absolute Gasteiger partial charge is 0.323 e. The normalized spacial score (nSPS) is 17.3. The molecule has 1 unspecified atom stereocenters. The van der Waals surface area contributed by atoms with Crippen LogP contribution in [0.15, 0.2) is 0 Å². The Balaban J connectivity index is 2.00. The topological polar surface area (TPSA) is 67.8 Å². The first-order chi connectivity index (χ1) is 7.74. The first-order valence-corrected chi connectivity index (χ1v) is 5.88. The van der Waals surface area contributed by atoms with E-state index in [1.807, 2.05) is 6.92 Å². The number of rotatable bonds is 10. The van der Waals surface area contributed by atoms with Gasteiger partial charge in [0.05, 0.1) is 19.8 Å². The van der Waals surface area contributed by atoms with E-state index in [2.05, 4.69) is 5.32 Å². The molecule has 0 amide bonds. The zero-order chi connectivity index (χ0) is 11.8. The van der Waals surface area contributed by atoms with Crippen molar-refractivity contribution in [3.8, 4) is 0 Å². The maximum Gasteiger partial charge on any atom is 0.323 e. The Morgan fingerprint density at radius 1 is 1.38 bits per heavy atom. The molecule has 5 nitrogen and oxygen atoms in total. The van der Waals surface area contributed by atoms with Crippen molar-refractivity contribution in [1.29, 1.82) is 0 Å². The van der Waals surface area contributed by atoms with Crippen LogP contribution in [-0.4, -0.2) is 49.6 Å². The Bertz CT molecular complexity index is 206. The Morgan fingerprint density at radius 3 is 2.62 bits per heavy atom. The SMILES string of the molecule is CCCOCCOCC(NC1CC1)C(=O)O. The van der Waals surface area contributed by atoms with Gasteiger partial charge in [0.15, 0.2) is 0 Å². The summed E-state index contributed by atoms with van der Waals surface area (Å²) < 4.78 is 10.5. The van der Waals surface area contributed by atoms with Crippen molar-refractivity contribution in [2.45, 2.75) is 38.3 Å². The first kappa shape index (κ1) is 13.4. The molecule has 0 aromatic carbocycles. The number of ether oxygens (including phenoxy) is 2. The summed E-state index contributed by atoms with van der Waals surface area (Å²) in [6, 6.07) is -0.209. The lowest BCUT2D eigenvalue weighted by atomic mass is 10.3. The van der Waals surface area contributed by atoms with Crippen LogP contribution in [0.4, 0.5) is 0 Å². The van der Waals surface area contributed by atoms with Crippen molar-refractivity contribution in [2.75, 3.05) is 26.4 Å². The summed E-state index contributed by atoms with van der Waals surface area (Å²) in [7, 11) is 0. The van der Waals surface area contributed by atoms with E-state index < -0.39 is 12.0 Å². The van der Waals surface area contributed by atoms with E-state index in [4.69, 9.17) is 14.6 Å². The van der Waals surface area contributed by atoms with Gasteiger partial charge in [-0.15, -0.1) is 0 Å². The van der Waals surface area contributed by atoms with Gasteiger partial charge < -0.3 is 14.6 Å². The third-order valence-corrected chi connectivity index (χ3v) is 2.32. The van der Waals surface area contributed by atoms with Crippen LogP contribution < -0.4 is 5.32 Å². The fourth-order valence-electron chi connectivity index (χ4n) is 1.29. The summed E-state index contributed by atoms with van der Waals surface area (Å²) in [6.07, 6.45) is 3.13. The van der Waals surface area contributed by atoms with Crippen LogP contribution in [0.25, 0.3) is 0 Å². The Labute approximate surface area is 96.1 Å². The van der Waals surface area contributed by atoms with Crippen LogP contribution in [0.2, 0.25) is 0 Å². The molecule has 94 valence electrons. The highest BCUT2D eigenvalue weighted by Crippen LogP contribution is 2.19. The molecule has 0 saturated heterocycles. The van der Waals surface area contributed by atoms with Gasteiger partial charge in [-0.3, -0.25) is 10.1 Å². The molecule has 2 N–H and O–H groups in total. The molecule has 1 aliphatic rings. The largest absolute Gasteiger partial charge is 0.480 e. The van der Waals surface area contributed by atoms with Crippen LogP contribution >= 0.6 is 0 Å². The summed E-state index contributed by atoms with van der Waals surface area (Å²) in [5.74, 6) is -0.846. The van der Waals surface area contributed by atoms with E-state index in [9.17, 15) is 4.79 Å². The van der Waals surface area contributed by atoms with Gasteiger partial charge in [-0.1, -0.05) is 6.92 Å². The zero-order valence-corrected chi connectivity index (χ0v) is 9.78. The van der Waals surface area contributed by atoms with Crippen molar-refractivity contribution >= 4 is 5.97 Å². The van der Waals surface area contributed by atoms with Gasteiger partial charge in [0, 0.05) is 12.6 Å².